The van der Waals surface area contributed by atoms with E-state index < -0.39 is 17.6 Å². The predicted octanol–water partition coefficient (Wildman–Crippen LogP) is 3.10. The van der Waals surface area contributed by atoms with Crippen molar-refractivity contribution in [2.75, 3.05) is 38.0 Å². The average molecular weight is 441 g/mol. The fourth-order valence-corrected chi connectivity index (χ4v) is 4.28. The first-order chi connectivity index (χ1) is 14.7. The maximum atomic E-state index is 13.1. The number of benzene rings is 1. The lowest BCUT2D eigenvalue weighted by Crippen LogP contribution is -2.55. The number of amides is 2. The Morgan fingerprint density at radius 1 is 1.06 bits per heavy atom. The summed E-state index contributed by atoms with van der Waals surface area (Å²) in [5.74, 6) is -0.435. The molecule has 172 valence electrons. The average Bonchev–Trinajstić information content (AvgIpc) is 2.74. The highest BCUT2D eigenvalue weighted by Gasteiger charge is 2.34. The molecule has 2 aliphatic rings. The Kier molecular flexibility index (Phi) is 7.94. The number of hydrogen-bond acceptors (Lipinski definition) is 4. The van der Waals surface area contributed by atoms with E-state index in [-0.39, 0.29) is 30.2 Å². The van der Waals surface area contributed by atoms with Crippen molar-refractivity contribution in [2.24, 2.45) is 0 Å². The number of hydrogen-bond donors (Lipinski definition) is 2. The second-order valence-electron chi connectivity index (χ2n) is 8.42. The fraction of sp³-hybridized carbons (Fsp3) is 0.636. The first-order valence-electron chi connectivity index (χ1n) is 11.0. The summed E-state index contributed by atoms with van der Waals surface area (Å²) in [7, 11) is 0. The highest BCUT2D eigenvalue weighted by molar-refractivity contribution is 5.93. The number of carbonyl (C=O) groups is 2. The number of halogens is 3. The molecular formula is C22H31F3N4O2. The number of nitrogens with one attached hydrogen (secondary N) is 2. The Balaban J connectivity index is 1.44. The van der Waals surface area contributed by atoms with E-state index in [0.717, 1.165) is 31.7 Å². The Morgan fingerprint density at radius 2 is 1.71 bits per heavy atom. The largest absolute Gasteiger partial charge is 0.418 e. The number of nitrogens with zero attached hydrogens (tertiary/aromatic N) is 2. The van der Waals surface area contributed by atoms with Crippen molar-refractivity contribution >= 4 is 17.5 Å². The second-order valence-corrected chi connectivity index (χ2v) is 8.42. The number of alkyl halides is 3. The van der Waals surface area contributed by atoms with Crippen LogP contribution in [0.4, 0.5) is 18.9 Å². The van der Waals surface area contributed by atoms with Crippen molar-refractivity contribution in [3.63, 3.8) is 0 Å². The summed E-state index contributed by atoms with van der Waals surface area (Å²) in [6.45, 7) is 4.33. The molecule has 2 N–H and O–H groups in total. The first kappa shape index (κ1) is 23.5. The van der Waals surface area contributed by atoms with Crippen LogP contribution in [0.1, 0.15) is 44.6 Å². The van der Waals surface area contributed by atoms with Crippen molar-refractivity contribution in [1.29, 1.82) is 0 Å². The molecule has 1 aromatic rings. The molecule has 0 spiro atoms. The van der Waals surface area contributed by atoms with Crippen molar-refractivity contribution in [2.45, 2.75) is 57.3 Å². The van der Waals surface area contributed by atoms with Gasteiger partial charge in [0.1, 0.15) is 0 Å². The quantitative estimate of drug-likeness (QED) is 0.714. The van der Waals surface area contributed by atoms with Gasteiger partial charge in [-0.15, -0.1) is 0 Å². The monoisotopic (exact) mass is 440 g/mol. The van der Waals surface area contributed by atoms with Gasteiger partial charge in [-0.3, -0.25) is 19.4 Å². The molecule has 0 bridgehead atoms. The topological polar surface area (TPSA) is 64.7 Å². The summed E-state index contributed by atoms with van der Waals surface area (Å²) in [6.07, 6.45) is 1.11. The van der Waals surface area contributed by atoms with Gasteiger partial charge in [-0.05, 0) is 31.9 Å². The van der Waals surface area contributed by atoms with Gasteiger partial charge in [-0.25, -0.2) is 0 Å². The van der Waals surface area contributed by atoms with Crippen molar-refractivity contribution in [3.05, 3.63) is 29.8 Å². The van der Waals surface area contributed by atoms with E-state index in [2.05, 4.69) is 15.5 Å². The normalized spacial score (nSPS) is 20.3. The zero-order chi connectivity index (χ0) is 22.4. The van der Waals surface area contributed by atoms with Crippen LogP contribution in [0.15, 0.2) is 24.3 Å². The molecule has 2 amide bonds. The lowest BCUT2D eigenvalue weighted by atomic mass is 9.95. The number of piperazine rings is 1. The lowest BCUT2D eigenvalue weighted by Gasteiger charge is -2.37. The Hall–Kier alpha value is -2.13. The highest BCUT2D eigenvalue weighted by Crippen LogP contribution is 2.34. The first-order valence-corrected chi connectivity index (χ1v) is 11.0. The second kappa shape index (κ2) is 10.5. The highest BCUT2D eigenvalue weighted by atomic mass is 19.4. The van der Waals surface area contributed by atoms with Gasteiger partial charge in [0.05, 0.1) is 23.8 Å². The summed E-state index contributed by atoms with van der Waals surface area (Å²) < 4.78 is 39.3. The molecule has 0 aromatic heterocycles. The van der Waals surface area contributed by atoms with E-state index in [1.165, 1.54) is 24.6 Å². The molecule has 1 aliphatic carbocycles. The zero-order valence-electron chi connectivity index (χ0n) is 17.9. The van der Waals surface area contributed by atoms with Crippen LogP contribution in [0.2, 0.25) is 0 Å². The maximum Gasteiger partial charge on any atom is 0.418 e. The van der Waals surface area contributed by atoms with Crippen LogP contribution in [0.25, 0.3) is 0 Å². The molecule has 6 nitrogen and oxygen atoms in total. The molecule has 1 saturated heterocycles. The van der Waals surface area contributed by atoms with Gasteiger partial charge < -0.3 is 10.6 Å². The SMILES string of the molecule is C[C@H](C(=O)NC1CCCCC1)N1CCN(CC(=O)Nc2ccccc2C(F)(F)F)CC1. The number of anilines is 1. The molecule has 1 heterocycles. The summed E-state index contributed by atoms with van der Waals surface area (Å²) in [4.78, 5) is 28.9. The minimum Gasteiger partial charge on any atom is -0.352 e. The van der Waals surface area contributed by atoms with Gasteiger partial charge >= 0.3 is 6.18 Å². The molecule has 3 rings (SSSR count). The van der Waals surface area contributed by atoms with Gasteiger partial charge in [0.25, 0.3) is 0 Å². The third-order valence-corrected chi connectivity index (χ3v) is 6.16. The maximum absolute atomic E-state index is 13.1. The van der Waals surface area contributed by atoms with E-state index >= 15 is 0 Å². The number of carbonyl (C=O) groups excluding carboxylic acids is 2. The van der Waals surface area contributed by atoms with Crippen molar-refractivity contribution in [3.8, 4) is 0 Å². The Bertz CT molecular complexity index is 757. The molecule has 9 heteroatoms. The van der Waals surface area contributed by atoms with Crippen LogP contribution >= 0.6 is 0 Å². The van der Waals surface area contributed by atoms with Crippen molar-refractivity contribution < 1.29 is 22.8 Å². The van der Waals surface area contributed by atoms with Gasteiger partial charge in [-0.1, -0.05) is 31.4 Å². The van der Waals surface area contributed by atoms with Gasteiger partial charge in [-0.2, -0.15) is 13.2 Å². The minimum absolute atomic E-state index is 0.0166. The molecule has 0 radical (unpaired) electrons. The third-order valence-electron chi connectivity index (χ3n) is 6.16. The summed E-state index contributed by atoms with van der Waals surface area (Å²) >= 11 is 0. The van der Waals surface area contributed by atoms with Crippen LogP contribution in [-0.2, 0) is 15.8 Å². The Labute approximate surface area is 181 Å². The molecule has 1 atom stereocenters. The van der Waals surface area contributed by atoms with Crippen LogP contribution < -0.4 is 10.6 Å². The summed E-state index contributed by atoms with van der Waals surface area (Å²) in [5, 5.41) is 5.54. The predicted molar refractivity (Wildman–Crippen MR) is 113 cm³/mol. The minimum atomic E-state index is -4.52. The molecule has 31 heavy (non-hydrogen) atoms. The standard InChI is InChI=1S/C22H31F3N4O2/c1-16(21(31)26-17-7-3-2-4-8-17)29-13-11-28(12-14-29)15-20(30)27-19-10-6-5-9-18(19)22(23,24)25/h5-6,9-10,16-17H,2-4,7-8,11-15H2,1H3,(H,26,31)(H,27,30)/t16-/m1/s1. The van der Waals surface area contributed by atoms with E-state index in [1.807, 2.05) is 11.8 Å². The molecule has 1 saturated carbocycles. The van der Waals surface area contributed by atoms with Crippen LogP contribution in [0.5, 0.6) is 0 Å². The molecule has 1 aromatic carbocycles. The van der Waals surface area contributed by atoms with Gasteiger partial charge in [0.2, 0.25) is 11.8 Å². The number of rotatable bonds is 6. The van der Waals surface area contributed by atoms with E-state index in [1.54, 1.807) is 0 Å². The molecule has 2 fully saturated rings. The summed E-state index contributed by atoms with van der Waals surface area (Å²) in [6, 6.07) is 5.00. The van der Waals surface area contributed by atoms with Crippen LogP contribution in [0, 0.1) is 0 Å². The zero-order valence-corrected chi connectivity index (χ0v) is 17.9. The van der Waals surface area contributed by atoms with E-state index in [0.29, 0.717) is 26.2 Å². The third kappa shape index (κ3) is 6.67. The Morgan fingerprint density at radius 3 is 2.35 bits per heavy atom. The fourth-order valence-electron chi connectivity index (χ4n) is 4.28. The van der Waals surface area contributed by atoms with E-state index in [9.17, 15) is 22.8 Å². The van der Waals surface area contributed by atoms with E-state index in [4.69, 9.17) is 0 Å². The molecular weight excluding hydrogens is 409 g/mol. The van der Waals surface area contributed by atoms with Crippen LogP contribution in [-0.4, -0.2) is 66.4 Å². The summed E-state index contributed by atoms with van der Waals surface area (Å²) in [5.41, 5.74) is -1.09. The smallest absolute Gasteiger partial charge is 0.352 e. The molecule has 1 aliphatic heterocycles. The van der Waals surface area contributed by atoms with Crippen LogP contribution in [0.3, 0.4) is 0 Å². The van der Waals surface area contributed by atoms with Gasteiger partial charge in [0, 0.05) is 32.2 Å². The van der Waals surface area contributed by atoms with Crippen molar-refractivity contribution in [1.82, 2.24) is 15.1 Å². The van der Waals surface area contributed by atoms with Gasteiger partial charge in [0.15, 0.2) is 0 Å². The molecule has 0 unspecified atom stereocenters. The number of para-hydroxylation sites is 1. The lowest BCUT2D eigenvalue weighted by molar-refractivity contribution is -0.137.